The molecule has 33 heavy (non-hydrogen) atoms. The largest absolute Gasteiger partial charge is 0.487 e. The Morgan fingerprint density at radius 3 is 2.79 bits per heavy atom. The standard InChI is InChI=1S/C25H29N3O5/c29-14-22-24-20(11-18(32-22)12-23(30)27-13-17-6-1-2-9-26-17)19-10-16(7-8-21(19)33-24)28-25(31)15-4-3-5-15/h1-2,6-10,15,18,20,22,24,29H,3-5,11-14H2,(H,27,30)(H,28,31)/t18-,20-,22+,24+/m0/s1. The maximum absolute atomic E-state index is 12.5. The van der Waals surface area contributed by atoms with E-state index in [-0.39, 0.29) is 48.9 Å². The molecule has 2 aliphatic heterocycles. The van der Waals surface area contributed by atoms with Crippen molar-refractivity contribution in [2.75, 3.05) is 11.9 Å². The average molecular weight is 452 g/mol. The van der Waals surface area contributed by atoms with Crippen LogP contribution in [0.4, 0.5) is 5.69 Å². The van der Waals surface area contributed by atoms with Gasteiger partial charge in [0.05, 0.1) is 31.4 Å². The zero-order chi connectivity index (χ0) is 22.8. The highest BCUT2D eigenvalue weighted by atomic mass is 16.6. The van der Waals surface area contributed by atoms with Crippen LogP contribution in [0.25, 0.3) is 0 Å². The zero-order valence-corrected chi connectivity index (χ0v) is 18.4. The van der Waals surface area contributed by atoms with Gasteiger partial charge in [0.15, 0.2) is 0 Å². The molecule has 0 unspecified atom stereocenters. The molecule has 5 rings (SSSR count). The number of nitrogens with zero attached hydrogens (tertiary/aromatic N) is 1. The molecule has 1 aliphatic carbocycles. The number of nitrogens with one attached hydrogen (secondary N) is 2. The summed E-state index contributed by atoms with van der Waals surface area (Å²) in [6, 6.07) is 11.3. The van der Waals surface area contributed by atoms with Gasteiger partial charge < -0.3 is 25.2 Å². The summed E-state index contributed by atoms with van der Waals surface area (Å²) in [5.41, 5.74) is 2.54. The molecular weight excluding hydrogens is 422 g/mol. The Hall–Kier alpha value is -2.97. The third kappa shape index (κ3) is 4.72. The minimum Gasteiger partial charge on any atom is -0.487 e. The number of hydrogen-bond donors (Lipinski definition) is 3. The van der Waals surface area contributed by atoms with Gasteiger partial charge in [0.25, 0.3) is 0 Å². The van der Waals surface area contributed by atoms with E-state index in [1.807, 2.05) is 36.4 Å². The SMILES string of the molecule is O=C(C[C@@H]1C[C@H]2c3cc(NC(=O)C4CCC4)ccc3O[C@H]2[C@@H](CO)O1)NCc1ccccn1. The molecule has 1 aromatic carbocycles. The quantitative estimate of drug-likeness (QED) is 0.597. The van der Waals surface area contributed by atoms with Gasteiger partial charge in [-0.2, -0.15) is 0 Å². The lowest BCUT2D eigenvalue weighted by molar-refractivity contribution is -0.142. The summed E-state index contributed by atoms with van der Waals surface area (Å²) < 4.78 is 12.1. The Morgan fingerprint density at radius 1 is 1.18 bits per heavy atom. The second-order valence-corrected chi connectivity index (χ2v) is 9.08. The number of ether oxygens (including phenoxy) is 2. The van der Waals surface area contributed by atoms with Crippen molar-refractivity contribution in [3.63, 3.8) is 0 Å². The first kappa shape index (κ1) is 21.9. The summed E-state index contributed by atoms with van der Waals surface area (Å²) >= 11 is 0. The molecule has 8 nitrogen and oxygen atoms in total. The van der Waals surface area contributed by atoms with Crippen LogP contribution in [0.2, 0.25) is 0 Å². The van der Waals surface area contributed by atoms with Crippen molar-refractivity contribution in [2.24, 2.45) is 5.92 Å². The Balaban J connectivity index is 1.25. The topological polar surface area (TPSA) is 110 Å². The second-order valence-electron chi connectivity index (χ2n) is 9.08. The van der Waals surface area contributed by atoms with E-state index in [2.05, 4.69) is 15.6 Å². The molecule has 1 saturated carbocycles. The van der Waals surface area contributed by atoms with E-state index in [1.165, 1.54) is 0 Å². The summed E-state index contributed by atoms with van der Waals surface area (Å²) in [7, 11) is 0. The summed E-state index contributed by atoms with van der Waals surface area (Å²) in [6.45, 7) is 0.171. The van der Waals surface area contributed by atoms with Gasteiger partial charge in [-0.1, -0.05) is 12.5 Å². The molecule has 3 N–H and O–H groups in total. The molecule has 4 atom stereocenters. The molecule has 2 fully saturated rings. The lowest BCUT2D eigenvalue weighted by Gasteiger charge is -2.37. The summed E-state index contributed by atoms with van der Waals surface area (Å²) in [4.78, 5) is 29.1. The molecule has 8 heteroatoms. The van der Waals surface area contributed by atoms with Crippen molar-refractivity contribution < 1.29 is 24.2 Å². The first-order chi connectivity index (χ1) is 16.1. The second kappa shape index (κ2) is 9.49. The lowest BCUT2D eigenvalue weighted by Crippen LogP contribution is -2.47. The Bertz CT molecular complexity index is 1010. The summed E-state index contributed by atoms with van der Waals surface area (Å²) in [5, 5.41) is 15.8. The van der Waals surface area contributed by atoms with Crippen molar-refractivity contribution in [3.8, 4) is 5.75 Å². The molecule has 2 aromatic rings. The molecule has 1 aromatic heterocycles. The van der Waals surface area contributed by atoms with Crippen molar-refractivity contribution in [1.29, 1.82) is 0 Å². The molecule has 1 saturated heterocycles. The van der Waals surface area contributed by atoms with Crippen LogP contribution in [0.5, 0.6) is 5.75 Å². The fourth-order valence-electron chi connectivity index (χ4n) is 4.85. The van der Waals surface area contributed by atoms with Crippen LogP contribution in [-0.2, 0) is 20.9 Å². The van der Waals surface area contributed by atoms with Gasteiger partial charge >= 0.3 is 0 Å². The predicted molar refractivity (Wildman–Crippen MR) is 121 cm³/mol. The molecule has 0 spiro atoms. The van der Waals surface area contributed by atoms with E-state index in [4.69, 9.17) is 9.47 Å². The number of aliphatic hydroxyl groups excluding tert-OH is 1. The normalized spacial score (nSPS) is 25.8. The third-order valence-corrected chi connectivity index (χ3v) is 6.85. The first-order valence-electron chi connectivity index (χ1n) is 11.6. The number of carbonyl (C=O) groups is 2. The molecule has 174 valence electrons. The van der Waals surface area contributed by atoms with Crippen molar-refractivity contribution in [3.05, 3.63) is 53.9 Å². The van der Waals surface area contributed by atoms with E-state index >= 15 is 0 Å². The van der Waals surface area contributed by atoms with Crippen molar-refractivity contribution in [2.45, 2.75) is 62.9 Å². The van der Waals surface area contributed by atoms with Gasteiger partial charge in [-0.05, 0) is 49.6 Å². The maximum Gasteiger partial charge on any atom is 0.227 e. The molecule has 3 aliphatic rings. The number of fused-ring (bicyclic) bond motifs is 3. The van der Waals surface area contributed by atoms with Crippen molar-refractivity contribution in [1.82, 2.24) is 10.3 Å². The number of carbonyl (C=O) groups excluding carboxylic acids is 2. The number of pyridine rings is 1. The minimum absolute atomic E-state index is 0.0138. The monoisotopic (exact) mass is 451 g/mol. The highest BCUT2D eigenvalue weighted by Gasteiger charge is 2.46. The fraction of sp³-hybridized carbons (Fsp3) is 0.480. The molecule has 0 bridgehead atoms. The molecule has 2 amide bonds. The van der Waals surface area contributed by atoms with Gasteiger partial charge in [0.2, 0.25) is 11.8 Å². The number of hydrogen-bond acceptors (Lipinski definition) is 6. The fourth-order valence-corrected chi connectivity index (χ4v) is 4.85. The number of amides is 2. The predicted octanol–water partition coefficient (Wildman–Crippen LogP) is 2.52. The number of anilines is 1. The van der Waals surface area contributed by atoms with E-state index in [0.29, 0.717) is 13.0 Å². The van der Waals surface area contributed by atoms with Gasteiger partial charge in [-0.15, -0.1) is 0 Å². The Labute approximate surface area is 192 Å². The average Bonchev–Trinajstić information content (AvgIpc) is 3.14. The van der Waals surface area contributed by atoms with Gasteiger partial charge in [-0.25, -0.2) is 0 Å². The van der Waals surface area contributed by atoms with Crippen LogP contribution >= 0.6 is 0 Å². The van der Waals surface area contributed by atoms with Crippen LogP contribution in [0.15, 0.2) is 42.6 Å². The van der Waals surface area contributed by atoms with Crippen LogP contribution in [0.1, 0.15) is 49.3 Å². The van der Waals surface area contributed by atoms with Crippen LogP contribution in [-0.4, -0.2) is 46.8 Å². The zero-order valence-electron chi connectivity index (χ0n) is 18.4. The smallest absolute Gasteiger partial charge is 0.227 e. The van der Waals surface area contributed by atoms with E-state index in [1.54, 1.807) is 6.20 Å². The first-order valence-corrected chi connectivity index (χ1v) is 11.6. The van der Waals surface area contributed by atoms with Gasteiger partial charge in [-0.3, -0.25) is 14.6 Å². The maximum atomic E-state index is 12.5. The molecule has 3 heterocycles. The summed E-state index contributed by atoms with van der Waals surface area (Å²) in [5.74, 6) is 0.785. The van der Waals surface area contributed by atoms with Crippen LogP contribution in [0.3, 0.4) is 0 Å². The molecule has 0 radical (unpaired) electrons. The van der Waals surface area contributed by atoms with E-state index in [0.717, 1.165) is 42.0 Å². The lowest BCUT2D eigenvalue weighted by atomic mass is 9.83. The Morgan fingerprint density at radius 2 is 2.06 bits per heavy atom. The van der Waals surface area contributed by atoms with Crippen molar-refractivity contribution >= 4 is 17.5 Å². The third-order valence-electron chi connectivity index (χ3n) is 6.85. The summed E-state index contributed by atoms with van der Waals surface area (Å²) in [6.07, 6.45) is 4.33. The van der Waals surface area contributed by atoms with E-state index < -0.39 is 6.10 Å². The number of aliphatic hydroxyl groups is 1. The molecular formula is C25H29N3O5. The van der Waals surface area contributed by atoms with Crippen LogP contribution in [0, 0.1) is 5.92 Å². The van der Waals surface area contributed by atoms with E-state index in [9.17, 15) is 14.7 Å². The number of aromatic nitrogens is 1. The highest BCUT2D eigenvalue weighted by molar-refractivity contribution is 5.93. The van der Waals surface area contributed by atoms with Gasteiger partial charge in [0.1, 0.15) is 18.0 Å². The number of benzene rings is 1. The number of rotatable bonds is 7. The highest BCUT2D eigenvalue weighted by Crippen LogP contribution is 2.47. The minimum atomic E-state index is -0.516. The van der Waals surface area contributed by atoms with Gasteiger partial charge in [0, 0.05) is 29.3 Å². The van der Waals surface area contributed by atoms with Crippen LogP contribution < -0.4 is 15.4 Å². The Kier molecular flexibility index (Phi) is 6.28.